The Morgan fingerprint density at radius 1 is 1.11 bits per heavy atom. The van der Waals surface area contributed by atoms with Crippen LogP contribution in [0, 0.1) is 6.92 Å². The summed E-state index contributed by atoms with van der Waals surface area (Å²) in [6.07, 6.45) is 8.03. The van der Waals surface area contributed by atoms with Crippen LogP contribution in [0.2, 0.25) is 5.02 Å². The maximum Gasteiger partial charge on any atom is 0.346 e. The predicted molar refractivity (Wildman–Crippen MR) is 146 cm³/mol. The number of hydrogen-bond acceptors (Lipinski definition) is 6. The van der Waals surface area contributed by atoms with Crippen LogP contribution in [0.25, 0.3) is 16.1 Å². The smallest absolute Gasteiger partial charge is 0.337 e. The first-order chi connectivity index (χ1) is 18.5. The standard InChI is InChI=1S/C26H25ClN8O2S/c1-19-31-35(26(37)33(19)14-5-13-32-15-12-28-18-32)17-24(36)29-30-25-34(22-6-3-2-4-7-22)16-23(38-25)20-8-10-21(27)11-9-20/h2-4,6-12,15-16,18H,5,13-14,17H2,1H3,(H,29,36)/b30-25-. The van der Waals surface area contributed by atoms with Crippen LogP contribution in [0.1, 0.15) is 12.2 Å². The van der Waals surface area contributed by atoms with Crippen LogP contribution in [0.3, 0.4) is 0 Å². The molecule has 0 spiro atoms. The number of benzene rings is 2. The zero-order chi connectivity index (χ0) is 26.5. The zero-order valence-corrected chi connectivity index (χ0v) is 22.1. The van der Waals surface area contributed by atoms with E-state index in [1.807, 2.05) is 76.1 Å². The molecule has 0 aliphatic heterocycles. The average Bonchev–Trinajstić information content (AvgIpc) is 3.65. The largest absolute Gasteiger partial charge is 0.346 e. The van der Waals surface area contributed by atoms with Crippen molar-refractivity contribution in [2.24, 2.45) is 5.10 Å². The van der Waals surface area contributed by atoms with Crippen molar-refractivity contribution in [2.75, 3.05) is 0 Å². The molecule has 2 aromatic carbocycles. The highest BCUT2D eigenvalue weighted by molar-refractivity contribution is 7.12. The lowest BCUT2D eigenvalue weighted by atomic mass is 10.2. The molecule has 5 rings (SSSR count). The van der Waals surface area contributed by atoms with E-state index in [0.29, 0.717) is 22.2 Å². The molecule has 0 radical (unpaired) electrons. The Balaban J connectivity index is 1.33. The molecule has 0 aliphatic rings. The van der Waals surface area contributed by atoms with Crippen LogP contribution >= 0.6 is 22.9 Å². The second kappa shape index (κ2) is 11.4. The summed E-state index contributed by atoms with van der Waals surface area (Å²) >= 11 is 7.47. The van der Waals surface area contributed by atoms with Crippen LogP contribution in [-0.4, -0.2) is 34.4 Å². The third kappa shape index (κ3) is 5.84. The quantitative estimate of drug-likeness (QED) is 0.285. The van der Waals surface area contributed by atoms with Gasteiger partial charge in [-0.1, -0.05) is 53.3 Å². The first-order valence-electron chi connectivity index (χ1n) is 11.9. The molecule has 3 heterocycles. The summed E-state index contributed by atoms with van der Waals surface area (Å²) in [6, 6.07) is 17.3. The maximum absolute atomic E-state index is 12.8. The Morgan fingerprint density at radius 2 is 1.89 bits per heavy atom. The number of nitrogens with zero attached hydrogens (tertiary/aromatic N) is 7. The lowest BCUT2D eigenvalue weighted by Crippen LogP contribution is -2.33. The van der Waals surface area contributed by atoms with Crippen LogP contribution < -0.4 is 15.9 Å². The minimum absolute atomic E-state index is 0.238. The molecule has 194 valence electrons. The third-order valence-electron chi connectivity index (χ3n) is 5.85. The molecule has 12 heteroatoms. The maximum atomic E-state index is 12.8. The van der Waals surface area contributed by atoms with Gasteiger partial charge in [-0.25, -0.2) is 19.9 Å². The van der Waals surface area contributed by atoms with E-state index in [9.17, 15) is 9.59 Å². The summed E-state index contributed by atoms with van der Waals surface area (Å²) in [6.45, 7) is 2.74. The minimum Gasteiger partial charge on any atom is -0.337 e. The number of rotatable bonds is 9. The van der Waals surface area contributed by atoms with Gasteiger partial charge in [0, 0.05) is 42.4 Å². The van der Waals surface area contributed by atoms with Gasteiger partial charge in [-0.3, -0.25) is 13.9 Å². The van der Waals surface area contributed by atoms with Gasteiger partial charge in [-0.05, 0) is 43.2 Å². The molecule has 0 atom stereocenters. The Morgan fingerprint density at radius 3 is 2.63 bits per heavy atom. The highest BCUT2D eigenvalue weighted by Gasteiger charge is 2.13. The van der Waals surface area contributed by atoms with Gasteiger partial charge >= 0.3 is 5.69 Å². The van der Waals surface area contributed by atoms with E-state index >= 15 is 0 Å². The van der Waals surface area contributed by atoms with Crippen molar-refractivity contribution in [3.05, 3.63) is 106 Å². The first-order valence-corrected chi connectivity index (χ1v) is 13.1. The van der Waals surface area contributed by atoms with Gasteiger partial charge in [0.1, 0.15) is 12.4 Å². The van der Waals surface area contributed by atoms with Gasteiger partial charge < -0.3 is 4.57 Å². The molecule has 5 aromatic rings. The Hall–Kier alpha value is -4.22. The van der Waals surface area contributed by atoms with E-state index < -0.39 is 5.91 Å². The van der Waals surface area contributed by atoms with Crippen molar-refractivity contribution in [2.45, 2.75) is 33.0 Å². The molecule has 0 saturated heterocycles. The molecule has 0 aliphatic carbocycles. The number of halogens is 1. The van der Waals surface area contributed by atoms with Gasteiger partial charge in [0.25, 0.3) is 5.91 Å². The molecular weight excluding hydrogens is 524 g/mol. The fourth-order valence-corrected chi connectivity index (χ4v) is 5.05. The van der Waals surface area contributed by atoms with Crippen molar-refractivity contribution in [1.29, 1.82) is 0 Å². The number of aromatic nitrogens is 6. The third-order valence-corrected chi connectivity index (χ3v) is 7.13. The highest BCUT2D eigenvalue weighted by Crippen LogP contribution is 2.25. The molecule has 1 amide bonds. The van der Waals surface area contributed by atoms with Crippen molar-refractivity contribution >= 4 is 28.8 Å². The fraction of sp³-hybridized carbons (Fsp3) is 0.192. The van der Waals surface area contributed by atoms with E-state index in [2.05, 4.69) is 20.6 Å². The van der Waals surface area contributed by atoms with Crippen molar-refractivity contribution < 1.29 is 4.79 Å². The normalized spacial score (nSPS) is 11.7. The number of nitrogens with one attached hydrogen (secondary N) is 1. The average molecular weight is 549 g/mol. The lowest BCUT2D eigenvalue weighted by Gasteiger charge is -2.04. The Kier molecular flexibility index (Phi) is 7.66. The number of imidazole rings is 1. The molecule has 0 bridgehead atoms. The number of carbonyl (C=O) groups is 1. The lowest BCUT2D eigenvalue weighted by molar-refractivity contribution is -0.122. The van der Waals surface area contributed by atoms with Crippen LogP contribution in [0.15, 0.2) is 89.4 Å². The number of hydrogen-bond donors (Lipinski definition) is 1. The van der Waals surface area contributed by atoms with Crippen LogP contribution in [0.4, 0.5) is 0 Å². The molecule has 1 N–H and O–H groups in total. The van der Waals surface area contributed by atoms with Crippen molar-refractivity contribution in [1.82, 2.24) is 33.9 Å². The molecule has 38 heavy (non-hydrogen) atoms. The summed E-state index contributed by atoms with van der Waals surface area (Å²) in [5, 5.41) is 9.30. The number of para-hydroxylation sites is 1. The van der Waals surface area contributed by atoms with Crippen LogP contribution in [-0.2, 0) is 24.4 Å². The monoisotopic (exact) mass is 548 g/mol. The number of aryl methyl sites for hydroxylation is 2. The fourth-order valence-electron chi connectivity index (χ4n) is 3.97. The summed E-state index contributed by atoms with van der Waals surface area (Å²) in [5.41, 5.74) is 4.14. The zero-order valence-electron chi connectivity index (χ0n) is 20.6. The topological polar surface area (TPSA) is 104 Å². The van der Waals surface area contributed by atoms with E-state index in [0.717, 1.165) is 33.8 Å². The molecule has 0 saturated carbocycles. The van der Waals surface area contributed by atoms with E-state index in [1.54, 1.807) is 24.0 Å². The molecule has 0 unspecified atom stereocenters. The SMILES string of the molecule is Cc1nn(CC(=O)N/N=c2\sc(-c3ccc(Cl)cc3)cn2-c2ccccc2)c(=O)n1CCCn1ccnc1. The summed E-state index contributed by atoms with van der Waals surface area (Å²) in [7, 11) is 0. The second-order valence-electron chi connectivity index (χ2n) is 8.53. The van der Waals surface area contributed by atoms with Crippen LogP contribution in [0.5, 0.6) is 0 Å². The molecule has 10 nitrogen and oxygen atoms in total. The van der Waals surface area contributed by atoms with Gasteiger partial charge in [-0.2, -0.15) is 5.10 Å². The Labute approximate surface area is 227 Å². The Bertz CT molecular complexity index is 1650. The van der Waals surface area contributed by atoms with E-state index in [1.165, 1.54) is 11.3 Å². The highest BCUT2D eigenvalue weighted by atomic mass is 35.5. The first kappa shape index (κ1) is 25.4. The predicted octanol–water partition coefficient (Wildman–Crippen LogP) is 3.44. The van der Waals surface area contributed by atoms with Gasteiger partial charge in [0.15, 0.2) is 0 Å². The summed E-state index contributed by atoms with van der Waals surface area (Å²) in [4.78, 5) is 31.1. The minimum atomic E-state index is -0.448. The van der Waals surface area contributed by atoms with E-state index in [4.69, 9.17) is 11.6 Å². The molecule has 0 fully saturated rings. The van der Waals surface area contributed by atoms with Gasteiger partial charge in [-0.15, -0.1) is 5.10 Å². The summed E-state index contributed by atoms with van der Waals surface area (Å²) < 4.78 is 6.59. The number of thiazole rings is 1. The van der Waals surface area contributed by atoms with Crippen molar-refractivity contribution in [3.8, 4) is 16.1 Å². The van der Waals surface area contributed by atoms with Gasteiger partial charge in [0.2, 0.25) is 4.80 Å². The summed E-state index contributed by atoms with van der Waals surface area (Å²) in [5.74, 6) is 0.106. The van der Waals surface area contributed by atoms with Gasteiger partial charge in [0.05, 0.1) is 11.2 Å². The second-order valence-corrected chi connectivity index (χ2v) is 9.98. The number of carbonyl (C=O) groups excluding carboxylic acids is 1. The molecular formula is C26H25ClN8O2S. The number of amides is 1. The van der Waals surface area contributed by atoms with Crippen molar-refractivity contribution in [3.63, 3.8) is 0 Å². The molecule has 3 aromatic heterocycles. The van der Waals surface area contributed by atoms with E-state index in [-0.39, 0.29) is 12.2 Å².